The molecule has 0 heterocycles. The molecule has 0 amide bonds. The van der Waals surface area contributed by atoms with Gasteiger partial charge in [-0.05, 0) is 6.42 Å². The second-order valence-corrected chi connectivity index (χ2v) is 4.03. The van der Waals surface area contributed by atoms with E-state index in [1.807, 2.05) is 0 Å². The Kier molecular flexibility index (Phi) is 5.10. The molecule has 0 saturated carbocycles. The van der Waals surface area contributed by atoms with E-state index in [-0.39, 0.29) is 0 Å². The third-order valence-electron chi connectivity index (χ3n) is 2.42. The van der Waals surface area contributed by atoms with Crippen LogP contribution in [0.15, 0.2) is 0 Å². The molecule has 0 fully saturated rings. The fraction of sp³-hybridized carbons (Fsp3) is 0.889. The molecular formula is C9H6F13. The van der Waals surface area contributed by atoms with Gasteiger partial charge in [0.05, 0.1) is 0 Å². The van der Waals surface area contributed by atoms with Gasteiger partial charge < -0.3 is 0 Å². The summed E-state index contributed by atoms with van der Waals surface area (Å²) in [6.07, 6.45) is -9.37. The Morgan fingerprint density at radius 2 is 0.864 bits per heavy atom. The van der Waals surface area contributed by atoms with E-state index < -0.39 is 48.6 Å². The Bertz CT molecular complexity index is 391. The number of hydrogen-bond acceptors (Lipinski definition) is 0. The minimum absolute atomic E-state index is 0.685. The Morgan fingerprint density at radius 3 is 1.14 bits per heavy atom. The van der Waals surface area contributed by atoms with E-state index in [9.17, 15) is 57.1 Å². The quantitative estimate of drug-likeness (QED) is 0.561. The molecule has 0 aromatic heterocycles. The van der Waals surface area contributed by atoms with Crippen LogP contribution in [0.1, 0.15) is 13.3 Å². The van der Waals surface area contributed by atoms with Gasteiger partial charge in [-0.15, -0.1) is 0 Å². The summed E-state index contributed by atoms with van der Waals surface area (Å²) < 4.78 is 162. The van der Waals surface area contributed by atoms with Crippen molar-refractivity contribution in [2.45, 2.75) is 49.1 Å². The Balaban J connectivity index is 6.11. The lowest BCUT2D eigenvalue weighted by Crippen LogP contribution is -2.70. The molecule has 22 heavy (non-hydrogen) atoms. The summed E-state index contributed by atoms with van der Waals surface area (Å²) in [5, 5.41) is 0. The van der Waals surface area contributed by atoms with Crippen molar-refractivity contribution in [3.05, 3.63) is 6.42 Å². The van der Waals surface area contributed by atoms with Gasteiger partial charge in [-0.3, -0.25) is 0 Å². The zero-order chi connectivity index (χ0) is 18.4. The van der Waals surface area contributed by atoms with Crippen molar-refractivity contribution in [1.82, 2.24) is 0 Å². The molecule has 0 aromatic rings. The van der Waals surface area contributed by atoms with Crippen molar-refractivity contribution in [2.24, 2.45) is 0 Å². The predicted molar refractivity (Wildman–Crippen MR) is 45.4 cm³/mol. The molecule has 0 nitrogen and oxygen atoms in total. The van der Waals surface area contributed by atoms with Crippen molar-refractivity contribution in [2.75, 3.05) is 0 Å². The van der Waals surface area contributed by atoms with Gasteiger partial charge in [0.2, 0.25) is 0 Å². The highest BCUT2D eigenvalue weighted by Gasteiger charge is 2.90. The molecule has 133 valence electrons. The summed E-state index contributed by atoms with van der Waals surface area (Å²) >= 11 is 0. The van der Waals surface area contributed by atoms with Crippen LogP contribution in [-0.4, -0.2) is 35.8 Å². The lowest BCUT2D eigenvalue weighted by molar-refractivity contribution is -0.437. The Labute approximate surface area is 114 Å². The number of rotatable bonds is 6. The third-order valence-corrected chi connectivity index (χ3v) is 2.42. The molecular weight excluding hydrogens is 355 g/mol. The molecule has 0 atom stereocenters. The van der Waals surface area contributed by atoms with E-state index in [4.69, 9.17) is 0 Å². The summed E-state index contributed by atoms with van der Waals surface area (Å²) in [5.41, 5.74) is 0. The van der Waals surface area contributed by atoms with Crippen LogP contribution >= 0.6 is 0 Å². The van der Waals surface area contributed by atoms with Crippen LogP contribution in [-0.2, 0) is 0 Å². The van der Waals surface area contributed by atoms with E-state index >= 15 is 0 Å². The predicted octanol–water partition coefficient (Wildman–Crippen LogP) is 5.34. The second kappa shape index (κ2) is 5.32. The van der Waals surface area contributed by atoms with Crippen molar-refractivity contribution < 1.29 is 57.1 Å². The van der Waals surface area contributed by atoms with Gasteiger partial charge in [-0.2, -0.15) is 57.1 Å². The maximum atomic E-state index is 12.9. The van der Waals surface area contributed by atoms with Crippen molar-refractivity contribution in [3.8, 4) is 0 Å². The number of hydrogen-bond donors (Lipinski definition) is 0. The molecule has 0 spiro atoms. The molecule has 0 aromatic carbocycles. The average molecular weight is 361 g/mol. The van der Waals surface area contributed by atoms with Crippen LogP contribution < -0.4 is 0 Å². The molecule has 0 aliphatic carbocycles. The maximum absolute atomic E-state index is 12.9. The summed E-state index contributed by atoms with van der Waals surface area (Å²) in [4.78, 5) is 0. The smallest absolute Gasteiger partial charge is 0.199 e. The molecule has 1 radical (unpaired) electrons. The zero-order valence-corrected chi connectivity index (χ0v) is 10.2. The first-order valence-corrected chi connectivity index (χ1v) is 5.11. The third kappa shape index (κ3) is 2.70. The van der Waals surface area contributed by atoms with Gasteiger partial charge >= 0.3 is 35.8 Å². The van der Waals surface area contributed by atoms with E-state index in [0.29, 0.717) is 6.92 Å². The molecule has 0 N–H and O–H groups in total. The topological polar surface area (TPSA) is 0 Å². The van der Waals surface area contributed by atoms with Crippen LogP contribution in [0.3, 0.4) is 0 Å². The van der Waals surface area contributed by atoms with Crippen LogP contribution in [0, 0.1) is 6.42 Å². The second-order valence-electron chi connectivity index (χ2n) is 4.03. The van der Waals surface area contributed by atoms with Gasteiger partial charge in [-0.1, -0.05) is 6.92 Å². The zero-order valence-electron chi connectivity index (χ0n) is 10.2. The molecule has 0 rings (SSSR count). The molecule has 0 bridgehead atoms. The fourth-order valence-corrected chi connectivity index (χ4v) is 1.17. The Morgan fingerprint density at radius 1 is 0.545 bits per heavy atom. The van der Waals surface area contributed by atoms with E-state index in [1.54, 1.807) is 0 Å². The van der Waals surface area contributed by atoms with Crippen molar-refractivity contribution in [3.63, 3.8) is 0 Å². The summed E-state index contributed by atoms with van der Waals surface area (Å²) in [7, 11) is 0. The largest absolute Gasteiger partial charge is 0.460 e. The molecule has 0 saturated heterocycles. The highest BCUT2D eigenvalue weighted by molar-refractivity contribution is 5.12. The Hall–Kier alpha value is -0.910. The monoisotopic (exact) mass is 361 g/mol. The highest BCUT2D eigenvalue weighted by Crippen LogP contribution is 2.60. The minimum atomic E-state index is -7.83. The first-order chi connectivity index (χ1) is 9.31. The summed E-state index contributed by atoms with van der Waals surface area (Å²) in [6.45, 7) is 0.685. The van der Waals surface area contributed by atoms with Gasteiger partial charge in [0.15, 0.2) is 0 Å². The summed E-state index contributed by atoms with van der Waals surface area (Å²) in [5.74, 6) is -36.5. The maximum Gasteiger partial charge on any atom is 0.460 e. The van der Waals surface area contributed by atoms with Crippen LogP contribution in [0.25, 0.3) is 0 Å². The van der Waals surface area contributed by atoms with E-state index in [1.165, 1.54) is 0 Å². The molecule has 0 aliphatic rings. The van der Waals surface area contributed by atoms with Crippen LogP contribution in [0.4, 0.5) is 57.1 Å². The van der Waals surface area contributed by atoms with Gasteiger partial charge in [0, 0.05) is 6.42 Å². The van der Waals surface area contributed by atoms with Crippen molar-refractivity contribution >= 4 is 0 Å². The van der Waals surface area contributed by atoms with E-state index in [2.05, 4.69) is 0 Å². The first-order valence-electron chi connectivity index (χ1n) is 5.11. The fourth-order valence-electron chi connectivity index (χ4n) is 1.17. The van der Waals surface area contributed by atoms with E-state index in [0.717, 1.165) is 0 Å². The highest BCUT2D eigenvalue weighted by atomic mass is 19.4. The number of halogens is 13. The van der Waals surface area contributed by atoms with Gasteiger partial charge in [-0.25, -0.2) is 0 Å². The molecule has 0 unspecified atom stereocenters. The van der Waals surface area contributed by atoms with Gasteiger partial charge in [0.1, 0.15) is 0 Å². The van der Waals surface area contributed by atoms with Crippen LogP contribution in [0.2, 0.25) is 0 Å². The van der Waals surface area contributed by atoms with Crippen molar-refractivity contribution in [1.29, 1.82) is 0 Å². The molecule has 0 aliphatic heterocycles. The lowest BCUT2D eigenvalue weighted by atomic mass is 9.92. The average Bonchev–Trinajstić information content (AvgIpc) is 2.26. The normalized spacial score (nSPS) is 16.1. The summed E-state index contributed by atoms with van der Waals surface area (Å²) in [6, 6.07) is 0. The number of alkyl halides is 13. The van der Waals surface area contributed by atoms with Crippen LogP contribution in [0.5, 0.6) is 0 Å². The van der Waals surface area contributed by atoms with Gasteiger partial charge in [0.25, 0.3) is 0 Å². The minimum Gasteiger partial charge on any atom is -0.199 e. The standard InChI is InChI=1S/C9H6F13/c1-2-3-4(10,11)5(12,13)6(14,15)7(16,17)8(18,19)9(20,21)22/h3H,2H2,1H3. The first kappa shape index (κ1) is 21.1. The SMILES string of the molecule is CC[CH]C(F)(F)C(F)(F)C(F)(F)C(F)(F)C(F)(F)C(F)(F)F. The lowest BCUT2D eigenvalue weighted by Gasteiger charge is -2.39. The molecule has 13 heteroatoms.